The Morgan fingerprint density at radius 2 is 1.89 bits per heavy atom. The molecule has 1 atom stereocenters. The van der Waals surface area contributed by atoms with Crippen molar-refractivity contribution in [1.82, 2.24) is 5.32 Å². The smallest absolute Gasteiger partial charge is 0.171 e. The molecule has 0 aromatic heterocycles. The minimum Gasteiger partial charge on any atom is -0.496 e. The molecule has 1 unspecified atom stereocenters. The number of methoxy groups -OCH3 is 3. The summed E-state index contributed by atoms with van der Waals surface area (Å²) < 4.78 is 16.5. The third-order valence-corrected chi connectivity index (χ3v) is 3.34. The van der Waals surface area contributed by atoms with Crippen LogP contribution < -0.4 is 10.1 Å². The molecule has 0 fully saturated rings. The Balaban J connectivity index is 2.55. The molecule has 4 nitrogen and oxygen atoms in total. The molecular weight excluding hydrogens is 298 g/mol. The Kier molecular flexibility index (Phi) is 6.63. The number of hydrogen-bond acceptors (Lipinski definition) is 4. The van der Waals surface area contributed by atoms with Crippen molar-refractivity contribution < 1.29 is 14.2 Å². The molecule has 0 bridgehead atoms. The second-order valence-corrected chi connectivity index (χ2v) is 4.83. The Labute approximate surface area is 117 Å². The van der Waals surface area contributed by atoms with E-state index in [1.165, 1.54) is 5.56 Å². The van der Waals surface area contributed by atoms with Crippen LogP contribution in [0.1, 0.15) is 12.5 Å². The summed E-state index contributed by atoms with van der Waals surface area (Å²) in [5.41, 5.74) is 1.17. The normalized spacial score (nSPS) is 12.8. The van der Waals surface area contributed by atoms with E-state index in [1.54, 1.807) is 21.3 Å². The van der Waals surface area contributed by atoms with Gasteiger partial charge in [-0.2, -0.15) is 0 Å². The van der Waals surface area contributed by atoms with E-state index < -0.39 is 0 Å². The SMILES string of the molecule is COc1ccc(CNC(C)C(OC)OC)cc1Br. The lowest BCUT2D eigenvalue weighted by molar-refractivity contribution is -0.119. The molecule has 0 saturated heterocycles. The maximum atomic E-state index is 5.20. The van der Waals surface area contributed by atoms with E-state index in [1.807, 2.05) is 25.1 Å². The minimum absolute atomic E-state index is 0.112. The van der Waals surface area contributed by atoms with Crippen LogP contribution in [0.2, 0.25) is 0 Å². The zero-order valence-corrected chi connectivity index (χ0v) is 12.8. The summed E-state index contributed by atoms with van der Waals surface area (Å²) >= 11 is 3.47. The number of ether oxygens (including phenoxy) is 3. The predicted molar refractivity (Wildman–Crippen MR) is 74.8 cm³/mol. The largest absolute Gasteiger partial charge is 0.496 e. The third kappa shape index (κ3) is 4.24. The van der Waals surface area contributed by atoms with Crippen LogP contribution in [0.25, 0.3) is 0 Å². The maximum Gasteiger partial charge on any atom is 0.171 e. The number of hydrogen-bond donors (Lipinski definition) is 1. The van der Waals surface area contributed by atoms with Gasteiger partial charge in [0.2, 0.25) is 0 Å². The van der Waals surface area contributed by atoms with Crippen LogP contribution in [-0.4, -0.2) is 33.7 Å². The fourth-order valence-electron chi connectivity index (χ4n) is 1.70. The van der Waals surface area contributed by atoms with Gasteiger partial charge in [0.15, 0.2) is 6.29 Å². The first kappa shape index (κ1) is 15.4. The zero-order chi connectivity index (χ0) is 13.5. The van der Waals surface area contributed by atoms with Gasteiger partial charge in [-0.15, -0.1) is 0 Å². The van der Waals surface area contributed by atoms with E-state index >= 15 is 0 Å². The molecule has 1 aromatic rings. The fraction of sp³-hybridized carbons (Fsp3) is 0.538. The van der Waals surface area contributed by atoms with Crippen molar-refractivity contribution in [2.24, 2.45) is 0 Å². The highest BCUT2D eigenvalue weighted by molar-refractivity contribution is 9.10. The van der Waals surface area contributed by atoms with Crippen LogP contribution in [0.4, 0.5) is 0 Å². The lowest BCUT2D eigenvalue weighted by atomic mass is 10.2. The van der Waals surface area contributed by atoms with Crippen LogP contribution in [0.3, 0.4) is 0 Å². The van der Waals surface area contributed by atoms with Gasteiger partial charge in [-0.3, -0.25) is 0 Å². The number of benzene rings is 1. The Hall–Kier alpha value is -0.620. The summed E-state index contributed by atoms with van der Waals surface area (Å²) in [6.45, 7) is 2.77. The topological polar surface area (TPSA) is 39.7 Å². The molecule has 0 aliphatic heterocycles. The summed E-state index contributed by atoms with van der Waals surface area (Å²) in [5.74, 6) is 0.832. The van der Waals surface area contributed by atoms with Crippen molar-refractivity contribution in [3.8, 4) is 5.75 Å². The molecule has 0 amide bonds. The van der Waals surface area contributed by atoms with E-state index in [0.717, 1.165) is 16.8 Å². The molecule has 1 N–H and O–H groups in total. The van der Waals surface area contributed by atoms with E-state index in [9.17, 15) is 0 Å². The first-order chi connectivity index (χ1) is 8.62. The van der Waals surface area contributed by atoms with Crippen LogP contribution in [-0.2, 0) is 16.0 Å². The van der Waals surface area contributed by atoms with Crippen molar-refractivity contribution in [3.63, 3.8) is 0 Å². The summed E-state index contributed by atoms with van der Waals surface area (Å²) in [6.07, 6.45) is -0.244. The maximum absolute atomic E-state index is 5.20. The molecule has 18 heavy (non-hydrogen) atoms. The van der Waals surface area contributed by atoms with Gasteiger partial charge in [0, 0.05) is 20.8 Å². The van der Waals surface area contributed by atoms with Crippen molar-refractivity contribution in [3.05, 3.63) is 28.2 Å². The van der Waals surface area contributed by atoms with Crippen LogP contribution in [0, 0.1) is 0 Å². The van der Waals surface area contributed by atoms with Gasteiger partial charge < -0.3 is 19.5 Å². The van der Waals surface area contributed by atoms with Crippen LogP contribution >= 0.6 is 15.9 Å². The molecule has 102 valence electrons. The minimum atomic E-state index is -0.244. The number of rotatable bonds is 7. The van der Waals surface area contributed by atoms with Gasteiger partial charge in [-0.05, 0) is 40.5 Å². The summed E-state index contributed by atoms with van der Waals surface area (Å²) in [5, 5.41) is 3.35. The van der Waals surface area contributed by atoms with Crippen LogP contribution in [0.15, 0.2) is 22.7 Å². The second-order valence-electron chi connectivity index (χ2n) is 3.98. The molecule has 0 saturated carbocycles. The average molecular weight is 318 g/mol. The first-order valence-corrected chi connectivity index (χ1v) is 6.53. The molecule has 1 aromatic carbocycles. The van der Waals surface area contributed by atoms with Crippen molar-refractivity contribution in [1.29, 1.82) is 0 Å². The second kappa shape index (κ2) is 7.74. The third-order valence-electron chi connectivity index (χ3n) is 2.72. The summed E-state index contributed by atoms with van der Waals surface area (Å²) in [7, 11) is 4.93. The molecule has 1 rings (SSSR count). The van der Waals surface area contributed by atoms with E-state index in [0.29, 0.717) is 0 Å². The monoisotopic (exact) mass is 317 g/mol. The molecule has 0 aliphatic carbocycles. The van der Waals surface area contributed by atoms with Gasteiger partial charge in [-0.1, -0.05) is 6.07 Å². The fourth-order valence-corrected chi connectivity index (χ4v) is 2.29. The highest BCUT2D eigenvalue weighted by Crippen LogP contribution is 2.25. The molecule has 0 heterocycles. The van der Waals surface area contributed by atoms with Gasteiger partial charge in [0.1, 0.15) is 5.75 Å². The Bertz CT molecular complexity index is 369. The highest BCUT2D eigenvalue weighted by atomic mass is 79.9. The van der Waals surface area contributed by atoms with E-state index in [2.05, 4.69) is 21.2 Å². The first-order valence-electron chi connectivity index (χ1n) is 5.73. The van der Waals surface area contributed by atoms with E-state index in [-0.39, 0.29) is 12.3 Å². The highest BCUT2D eigenvalue weighted by Gasteiger charge is 2.14. The van der Waals surface area contributed by atoms with Crippen molar-refractivity contribution in [2.45, 2.75) is 25.8 Å². The van der Waals surface area contributed by atoms with Crippen molar-refractivity contribution >= 4 is 15.9 Å². The van der Waals surface area contributed by atoms with Gasteiger partial charge >= 0.3 is 0 Å². The molecule has 0 spiro atoms. The molecule has 5 heteroatoms. The Morgan fingerprint density at radius 1 is 1.22 bits per heavy atom. The van der Waals surface area contributed by atoms with Gasteiger partial charge in [-0.25, -0.2) is 0 Å². The van der Waals surface area contributed by atoms with Gasteiger partial charge in [0.25, 0.3) is 0 Å². The lowest BCUT2D eigenvalue weighted by Gasteiger charge is -2.22. The van der Waals surface area contributed by atoms with Crippen LogP contribution in [0.5, 0.6) is 5.75 Å². The summed E-state index contributed by atoms with van der Waals surface area (Å²) in [4.78, 5) is 0. The van der Waals surface area contributed by atoms with Gasteiger partial charge in [0.05, 0.1) is 17.6 Å². The predicted octanol–water partition coefficient (Wildman–Crippen LogP) is 2.55. The van der Waals surface area contributed by atoms with E-state index in [4.69, 9.17) is 14.2 Å². The quantitative estimate of drug-likeness (QED) is 0.785. The lowest BCUT2D eigenvalue weighted by Crippen LogP contribution is -2.39. The molecule has 0 radical (unpaired) electrons. The van der Waals surface area contributed by atoms with Crippen molar-refractivity contribution in [2.75, 3.05) is 21.3 Å². The number of halogens is 1. The molecule has 0 aliphatic rings. The Morgan fingerprint density at radius 3 is 2.39 bits per heavy atom. The molecular formula is C13H20BrNO3. The summed E-state index contributed by atoms with van der Waals surface area (Å²) in [6, 6.07) is 6.11. The average Bonchev–Trinajstić information content (AvgIpc) is 2.38. The number of nitrogens with one attached hydrogen (secondary N) is 1. The standard InChI is InChI=1S/C13H20BrNO3/c1-9(13(17-3)18-4)15-8-10-5-6-12(16-2)11(14)7-10/h5-7,9,13,15H,8H2,1-4H3. The zero-order valence-electron chi connectivity index (χ0n) is 11.2.